The molecule has 32 heavy (non-hydrogen) atoms. The van der Waals surface area contributed by atoms with E-state index in [0.717, 1.165) is 34.2 Å². The zero-order valence-electron chi connectivity index (χ0n) is 18.5. The van der Waals surface area contributed by atoms with Gasteiger partial charge in [-0.3, -0.25) is 0 Å². The summed E-state index contributed by atoms with van der Waals surface area (Å²) < 4.78 is 6.75. The molecule has 5 heteroatoms. The minimum atomic E-state index is -0.375. The molecule has 0 spiro atoms. The van der Waals surface area contributed by atoms with Gasteiger partial charge < -0.3 is 14.3 Å². The average Bonchev–Trinajstić information content (AvgIpc) is 3.04. The molecule has 6 rings (SSSR count). The second-order valence-electron chi connectivity index (χ2n) is 9.34. The molecule has 0 saturated heterocycles. The summed E-state index contributed by atoms with van der Waals surface area (Å²) in [6.45, 7) is 6.68. The predicted octanol–water partition coefficient (Wildman–Crippen LogP) is 6.71. The largest absolute Gasteiger partial charge is 0.629 e. The van der Waals surface area contributed by atoms with Crippen LogP contribution in [0.25, 0.3) is 11.1 Å². The van der Waals surface area contributed by atoms with Crippen molar-refractivity contribution in [2.45, 2.75) is 26.2 Å². The van der Waals surface area contributed by atoms with Crippen molar-refractivity contribution < 1.29 is 4.65 Å². The van der Waals surface area contributed by atoms with E-state index < -0.39 is 0 Å². The maximum absolute atomic E-state index is 6.75. The fourth-order valence-electron chi connectivity index (χ4n) is 4.65. The molecule has 3 heterocycles. The first kappa shape index (κ1) is 19.0. The van der Waals surface area contributed by atoms with Gasteiger partial charge in [0, 0.05) is 23.0 Å². The summed E-state index contributed by atoms with van der Waals surface area (Å²) in [5, 5.41) is 0. The SMILES string of the molecule is CC(C)(C)c1ccnc(N2B3Oc4ccccc4-c4ccccc4N3c3ccccc32)c1. The van der Waals surface area contributed by atoms with E-state index in [4.69, 9.17) is 9.64 Å². The first-order valence-electron chi connectivity index (χ1n) is 11.0. The van der Waals surface area contributed by atoms with Gasteiger partial charge in [0.2, 0.25) is 0 Å². The fraction of sp³-hybridized carbons (Fsp3) is 0.148. The lowest BCUT2D eigenvalue weighted by molar-refractivity contribution is 0.571. The quantitative estimate of drug-likeness (QED) is 0.322. The highest BCUT2D eigenvalue weighted by molar-refractivity contribution is 6.68. The highest BCUT2D eigenvalue weighted by Crippen LogP contribution is 2.51. The zero-order valence-corrected chi connectivity index (χ0v) is 18.5. The van der Waals surface area contributed by atoms with Crippen molar-refractivity contribution in [2.24, 2.45) is 0 Å². The maximum Gasteiger partial charge on any atom is 0.629 e. The molecule has 0 fully saturated rings. The summed E-state index contributed by atoms with van der Waals surface area (Å²) in [4.78, 5) is 9.29. The summed E-state index contributed by atoms with van der Waals surface area (Å²) in [5.74, 6) is 1.76. The zero-order chi connectivity index (χ0) is 21.9. The number of hydrogen-bond acceptors (Lipinski definition) is 4. The Labute approximate surface area is 189 Å². The van der Waals surface area contributed by atoms with Crippen LogP contribution < -0.4 is 14.3 Å². The molecule has 2 aliphatic heterocycles. The molecule has 0 amide bonds. The number of aromatic nitrogens is 1. The van der Waals surface area contributed by atoms with Gasteiger partial charge in [-0.2, -0.15) is 0 Å². The highest BCUT2D eigenvalue weighted by atomic mass is 16.5. The maximum atomic E-state index is 6.75. The lowest BCUT2D eigenvalue weighted by atomic mass is 9.87. The standard InChI is InChI=1S/C27H24BN3O/c1-27(2,3)19-16-17-29-26(18-19)31-24-14-8-7-13-23(24)30-22-12-6-4-10-20(22)21-11-5-9-15-25(21)32-28(30)31/h4-18H,1-3H3. The number of nitrogens with zero attached hydrogens (tertiary/aromatic N) is 3. The van der Waals surface area contributed by atoms with Crippen molar-refractivity contribution in [1.29, 1.82) is 0 Å². The molecule has 0 N–H and O–H groups in total. The summed E-state index contributed by atoms with van der Waals surface area (Å²) in [7, 11) is -0.375. The summed E-state index contributed by atoms with van der Waals surface area (Å²) in [6, 6.07) is 29.5. The average molecular weight is 417 g/mol. The topological polar surface area (TPSA) is 28.6 Å². The van der Waals surface area contributed by atoms with E-state index in [1.165, 1.54) is 11.1 Å². The van der Waals surface area contributed by atoms with Crippen molar-refractivity contribution in [3.05, 3.63) is 96.7 Å². The number of benzene rings is 3. The van der Waals surface area contributed by atoms with Crippen LogP contribution in [0.4, 0.5) is 22.9 Å². The van der Waals surface area contributed by atoms with Crippen molar-refractivity contribution >= 4 is 30.1 Å². The Morgan fingerprint density at radius 1 is 0.719 bits per heavy atom. The van der Waals surface area contributed by atoms with Crippen LogP contribution in [-0.2, 0) is 5.41 Å². The van der Waals surface area contributed by atoms with Crippen LogP contribution >= 0.6 is 0 Å². The van der Waals surface area contributed by atoms with E-state index >= 15 is 0 Å². The molecule has 0 aliphatic carbocycles. The molecule has 1 aromatic heterocycles. The minimum Gasteiger partial charge on any atom is -0.522 e. The van der Waals surface area contributed by atoms with Crippen LogP contribution in [0.1, 0.15) is 26.3 Å². The Bertz CT molecular complexity index is 1330. The number of fused-ring (bicyclic) bond motifs is 7. The van der Waals surface area contributed by atoms with E-state index in [0.29, 0.717) is 0 Å². The van der Waals surface area contributed by atoms with Crippen LogP contribution in [0.3, 0.4) is 0 Å². The van der Waals surface area contributed by atoms with Gasteiger partial charge in [0.1, 0.15) is 11.6 Å². The predicted molar refractivity (Wildman–Crippen MR) is 132 cm³/mol. The van der Waals surface area contributed by atoms with Crippen molar-refractivity contribution in [1.82, 2.24) is 4.98 Å². The lowest BCUT2D eigenvalue weighted by Crippen LogP contribution is -2.48. The van der Waals surface area contributed by atoms with Crippen LogP contribution in [-0.4, -0.2) is 12.2 Å². The number of rotatable bonds is 1. The van der Waals surface area contributed by atoms with Gasteiger partial charge in [-0.1, -0.05) is 69.3 Å². The molecule has 4 nitrogen and oxygen atoms in total. The number of hydrogen-bond donors (Lipinski definition) is 0. The van der Waals surface area contributed by atoms with E-state index in [2.05, 4.69) is 109 Å². The normalized spacial score (nSPS) is 14.2. The molecule has 0 atom stereocenters. The van der Waals surface area contributed by atoms with Crippen LogP contribution in [0.2, 0.25) is 0 Å². The molecule has 0 saturated carbocycles. The summed E-state index contributed by atoms with van der Waals surface area (Å²) in [6.07, 6.45) is 1.90. The second-order valence-corrected chi connectivity index (χ2v) is 9.34. The van der Waals surface area contributed by atoms with Gasteiger partial charge in [-0.15, -0.1) is 0 Å². The van der Waals surface area contributed by atoms with E-state index in [1.54, 1.807) is 0 Å². The third-order valence-electron chi connectivity index (χ3n) is 6.27. The van der Waals surface area contributed by atoms with Crippen molar-refractivity contribution in [3.8, 4) is 16.9 Å². The number of anilines is 4. The van der Waals surface area contributed by atoms with E-state index in [1.807, 2.05) is 12.3 Å². The molecule has 0 radical (unpaired) electrons. The second kappa shape index (κ2) is 6.89. The summed E-state index contributed by atoms with van der Waals surface area (Å²) in [5.41, 5.74) is 6.87. The van der Waals surface area contributed by atoms with Gasteiger partial charge in [0.05, 0.1) is 11.4 Å². The van der Waals surface area contributed by atoms with Crippen LogP contribution in [0, 0.1) is 0 Å². The van der Waals surface area contributed by atoms with Gasteiger partial charge in [0.25, 0.3) is 0 Å². The Kier molecular flexibility index (Phi) is 4.09. The van der Waals surface area contributed by atoms with Gasteiger partial charge in [-0.05, 0) is 47.4 Å². The van der Waals surface area contributed by atoms with E-state index in [-0.39, 0.29) is 12.6 Å². The Morgan fingerprint density at radius 3 is 2.09 bits per heavy atom. The Morgan fingerprint density at radius 2 is 1.34 bits per heavy atom. The molecule has 0 bridgehead atoms. The third kappa shape index (κ3) is 2.81. The molecule has 2 aliphatic rings. The Hall–Kier alpha value is -3.73. The van der Waals surface area contributed by atoms with Gasteiger partial charge >= 0.3 is 7.19 Å². The van der Waals surface area contributed by atoms with Crippen LogP contribution in [0.5, 0.6) is 5.75 Å². The smallest absolute Gasteiger partial charge is 0.522 e. The lowest BCUT2D eigenvalue weighted by Gasteiger charge is -2.27. The first-order valence-corrected chi connectivity index (χ1v) is 11.0. The van der Waals surface area contributed by atoms with Crippen molar-refractivity contribution in [2.75, 3.05) is 9.62 Å². The number of pyridine rings is 1. The van der Waals surface area contributed by atoms with Gasteiger partial charge in [0.15, 0.2) is 0 Å². The first-order chi connectivity index (χ1) is 15.5. The third-order valence-corrected chi connectivity index (χ3v) is 6.27. The molecule has 156 valence electrons. The molecule has 3 aromatic carbocycles. The van der Waals surface area contributed by atoms with Crippen LogP contribution in [0.15, 0.2) is 91.1 Å². The minimum absolute atomic E-state index is 0.0279. The number of para-hydroxylation sites is 4. The monoisotopic (exact) mass is 417 g/mol. The van der Waals surface area contributed by atoms with Crippen molar-refractivity contribution in [3.63, 3.8) is 0 Å². The molecule has 4 aromatic rings. The molecular weight excluding hydrogens is 393 g/mol. The highest BCUT2D eigenvalue weighted by Gasteiger charge is 2.49. The fourth-order valence-corrected chi connectivity index (χ4v) is 4.65. The molecule has 0 unspecified atom stereocenters. The van der Waals surface area contributed by atoms with E-state index in [9.17, 15) is 0 Å². The Balaban J connectivity index is 1.60. The summed E-state index contributed by atoms with van der Waals surface area (Å²) >= 11 is 0. The molecular formula is C27H24BN3O. The van der Waals surface area contributed by atoms with Gasteiger partial charge in [-0.25, -0.2) is 4.98 Å².